The summed E-state index contributed by atoms with van der Waals surface area (Å²) in [7, 11) is -1.26. The molecule has 0 N–H and O–H groups in total. The summed E-state index contributed by atoms with van der Waals surface area (Å²) >= 11 is 0. The third-order valence-electron chi connectivity index (χ3n) is 2.41. The highest BCUT2D eigenvalue weighted by Crippen LogP contribution is 2.16. The molecule has 14 heavy (non-hydrogen) atoms. The van der Waals surface area contributed by atoms with Crippen LogP contribution in [0.5, 0.6) is 0 Å². The molecule has 1 atom stereocenters. The molecule has 0 saturated carbocycles. The summed E-state index contributed by atoms with van der Waals surface area (Å²) in [6.45, 7) is 1.76. The van der Waals surface area contributed by atoms with Crippen LogP contribution in [0.4, 0.5) is 0 Å². The fourth-order valence-corrected chi connectivity index (χ4v) is 3.30. The van der Waals surface area contributed by atoms with Crippen LogP contribution < -0.4 is 0 Å². The first-order valence-corrected chi connectivity index (χ1v) is 6.38. The first kappa shape index (κ1) is 11.2. The normalized spacial score (nSPS) is 25.4. The molecule has 0 aromatic heterocycles. The average Bonchev–Trinajstić information content (AvgIpc) is 2.45. The van der Waals surface area contributed by atoms with Gasteiger partial charge < -0.3 is 4.90 Å². The van der Waals surface area contributed by atoms with Crippen LogP contribution in [0.3, 0.4) is 0 Å². The third kappa shape index (κ3) is 2.57. The topological polar surface area (TPSA) is 54.5 Å². The van der Waals surface area contributed by atoms with Gasteiger partial charge in [0.15, 0.2) is 9.84 Å². The Labute approximate surface area is 84.5 Å². The standard InChI is InChI=1S/C9H15NO3S/c1-3-4-9(11)10(2)8-5-6-14(12,13)7-8/h3-4,8H,5-7H2,1-2H3/b4-3+. The molecule has 1 fully saturated rings. The van der Waals surface area contributed by atoms with Crippen molar-refractivity contribution >= 4 is 15.7 Å². The molecule has 0 aromatic rings. The van der Waals surface area contributed by atoms with E-state index < -0.39 is 9.84 Å². The first-order chi connectivity index (χ1) is 6.46. The molecule has 1 unspecified atom stereocenters. The Morgan fingerprint density at radius 2 is 2.14 bits per heavy atom. The Bertz CT molecular complexity index is 345. The Hall–Kier alpha value is -0.840. The zero-order chi connectivity index (χ0) is 10.8. The van der Waals surface area contributed by atoms with Crippen molar-refractivity contribution in [2.75, 3.05) is 18.6 Å². The highest BCUT2D eigenvalue weighted by molar-refractivity contribution is 7.91. The summed E-state index contributed by atoms with van der Waals surface area (Å²) in [5, 5.41) is 0. The molecule has 1 heterocycles. The minimum absolute atomic E-state index is 0.104. The van der Waals surface area contributed by atoms with Crippen LogP contribution in [-0.2, 0) is 14.6 Å². The maximum atomic E-state index is 11.4. The smallest absolute Gasteiger partial charge is 0.246 e. The number of hydrogen-bond acceptors (Lipinski definition) is 3. The van der Waals surface area contributed by atoms with E-state index in [4.69, 9.17) is 0 Å². The molecule has 1 amide bonds. The average molecular weight is 217 g/mol. The van der Waals surface area contributed by atoms with Gasteiger partial charge in [-0.15, -0.1) is 0 Å². The predicted octanol–water partition coefficient (Wildman–Crippen LogP) is 0.208. The van der Waals surface area contributed by atoms with E-state index in [0.29, 0.717) is 6.42 Å². The predicted molar refractivity (Wildman–Crippen MR) is 54.6 cm³/mol. The molecule has 0 aromatic carbocycles. The van der Waals surface area contributed by atoms with E-state index in [0.717, 1.165) is 0 Å². The Morgan fingerprint density at radius 3 is 2.57 bits per heavy atom. The van der Waals surface area contributed by atoms with Crippen molar-refractivity contribution in [1.82, 2.24) is 4.90 Å². The van der Waals surface area contributed by atoms with Gasteiger partial charge in [0.05, 0.1) is 11.5 Å². The van der Waals surface area contributed by atoms with Gasteiger partial charge in [0, 0.05) is 13.1 Å². The number of carbonyl (C=O) groups is 1. The Kier molecular flexibility index (Phi) is 3.31. The van der Waals surface area contributed by atoms with Crippen LogP contribution in [0.15, 0.2) is 12.2 Å². The molecule has 0 radical (unpaired) electrons. The van der Waals surface area contributed by atoms with Gasteiger partial charge in [0.2, 0.25) is 5.91 Å². The van der Waals surface area contributed by atoms with Gasteiger partial charge in [-0.1, -0.05) is 6.08 Å². The lowest BCUT2D eigenvalue weighted by molar-refractivity contribution is -0.126. The fourth-order valence-electron chi connectivity index (χ4n) is 1.52. The van der Waals surface area contributed by atoms with Crippen LogP contribution in [0.2, 0.25) is 0 Å². The molecule has 1 aliphatic heterocycles. The van der Waals surface area contributed by atoms with Crippen LogP contribution >= 0.6 is 0 Å². The van der Waals surface area contributed by atoms with Crippen LogP contribution in [0, 0.1) is 0 Å². The molecule has 4 nitrogen and oxygen atoms in total. The molecular weight excluding hydrogens is 202 g/mol. The van der Waals surface area contributed by atoms with Crippen LogP contribution in [0.1, 0.15) is 13.3 Å². The van der Waals surface area contributed by atoms with Gasteiger partial charge in [-0.2, -0.15) is 0 Å². The van der Waals surface area contributed by atoms with E-state index in [1.807, 2.05) is 0 Å². The minimum atomic E-state index is -2.91. The molecule has 1 saturated heterocycles. The number of likely N-dealkylation sites (N-methyl/N-ethyl adjacent to an activating group) is 1. The molecule has 0 aliphatic carbocycles. The van der Waals surface area contributed by atoms with Gasteiger partial charge in [0.25, 0.3) is 0 Å². The van der Waals surface area contributed by atoms with Crippen molar-refractivity contribution in [3.8, 4) is 0 Å². The summed E-state index contributed by atoms with van der Waals surface area (Å²) in [4.78, 5) is 12.9. The second-order valence-electron chi connectivity index (χ2n) is 3.51. The third-order valence-corrected chi connectivity index (χ3v) is 4.16. The fraction of sp³-hybridized carbons (Fsp3) is 0.667. The quantitative estimate of drug-likeness (QED) is 0.621. The number of rotatable bonds is 2. The SMILES string of the molecule is C/C=C/C(=O)N(C)C1CCS(=O)(=O)C1. The van der Waals surface area contributed by atoms with Gasteiger partial charge in [0.1, 0.15) is 0 Å². The monoisotopic (exact) mass is 217 g/mol. The van der Waals surface area contributed by atoms with Crippen LogP contribution in [-0.4, -0.2) is 43.8 Å². The first-order valence-electron chi connectivity index (χ1n) is 4.56. The van der Waals surface area contributed by atoms with E-state index in [1.54, 1.807) is 20.0 Å². The van der Waals surface area contributed by atoms with E-state index in [2.05, 4.69) is 0 Å². The van der Waals surface area contributed by atoms with Gasteiger partial charge in [-0.05, 0) is 19.4 Å². The highest BCUT2D eigenvalue weighted by Gasteiger charge is 2.31. The van der Waals surface area contributed by atoms with Gasteiger partial charge in [-0.3, -0.25) is 4.79 Å². The lowest BCUT2D eigenvalue weighted by atomic mass is 10.2. The number of sulfone groups is 1. The highest BCUT2D eigenvalue weighted by atomic mass is 32.2. The van der Waals surface area contributed by atoms with E-state index >= 15 is 0 Å². The molecule has 5 heteroatoms. The van der Waals surface area contributed by atoms with Crippen LogP contribution in [0.25, 0.3) is 0 Å². The van der Waals surface area contributed by atoms with Crippen molar-refractivity contribution in [3.05, 3.63) is 12.2 Å². The Balaban J connectivity index is 2.64. The summed E-state index contributed by atoms with van der Waals surface area (Å²) in [6.07, 6.45) is 3.66. The summed E-state index contributed by atoms with van der Waals surface area (Å²) in [6, 6.07) is -0.149. The maximum Gasteiger partial charge on any atom is 0.246 e. The zero-order valence-corrected chi connectivity index (χ0v) is 9.25. The number of hydrogen-bond donors (Lipinski definition) is 0. The lowest BCUT2D eigenvalue weighted by Crippen LogP contribution is -2.36. The van der Waals surface area contributed by atoms with Crippen molar-refractivity contribution < 1.29 is 13.2 Å². The number of allylic oxidation sites excluding steroid dienone is 1. The van der Waals surface area contributed by atoms with Crippen molar-refractivity contribution in [3.63, 3.8) is 0 Å². The largest absolute Gasteiger partial charge is 0.338 e. The van der Waals surface area contributed by atoms with Crippen molar-refractivity contribution in [2.45, 2.75) is 19.4 Å². The van der Waals surface area contributed by atoms with Crippen molar-refractivity contribution in [2.24, 2.45) is 0 Å². The number of carbonyl (C=O) groups excluding carboxylic acids is 1. The Morgan fingerprint density at radius 1 is 1.50 bits per heavy atom. The molecular formula is C9H15NO3S. The number of amides is 1. The second kappa shape index (κ2) is 4.13. The molecule has 1 rings (SSSR count). The van der Waals surface area contributed by atoms with Gasteiger partial charge in [-0.25, -0.2) is 8.42 Å². The van der Waals surface area contributed by atoms with E-state index in [-0.39, 0.29) is 23.5 Å². The zero-order valence-electron chi connectivity index (χ0n) is 8.43. The summed E-state index contributed by atoms with van der Waals surface area (Å²) in [5.41, 5.74) is 0. The summed E-state index contributed by atoms with van der Waals surface area (Å²) < 4.78 is 22.3. The maximum absolute atomic E-state index is 11.4. The van der Waals surface area contributed by atoms with E-state index in [1.165, 1.54) is 11.0 Å². The molecule has 0 spiro atoms. The van der Waals surface area contributed by atoms with Crippen molar-refractivity contribution in [1.29, 1.82) is 0 Å². The van der Waals surface area contributed by atoms with E-state index in [9.17, 15) is 13.2 Å². The number of nitrogens with zero attached hydrogens (tertiary/aromatic N) is 1. The molecule has 0 bridgehead atoms. The summed E-state index contributed by atoms with van der Waals surface area (Å²) in [5.74, 6) is 0.173. The second-order valence-corrected chi connectivity index (χ2v) is 5.73. The van der Waals surface area contributed by atoms with Gasteiger partial charge >= 0.3 is 0 Å². The molecule has 80 valence electrons. The lowest BCUT2D eigenvalue weighted by Gasteiger charge is -2.21. The minimum Gasteiger partial charge on any atom is -0.338 e. The molecule has 1 aliphatic rings.